The molecule has 0 saturated heterocycles. The van der Waals surface area contributed by atoms with Crippen molar-refractivity contribution in [3.05, 3.63) is 29.8 Å². The Morgan fingerprint density at radius 1 is 1.38 bits per heavy atom. The van der Waals surface area contributed by atoms with E-state index in [9.17, 15) is 4.79 Å². The standard InChI is InChI=1S/C12H16O3S/c1-9(2)16-11-5-3-10(4-6-11)7-15-8-12(13)14/h3-6,9H,7-8H2,1-2H3,(H,13,14). The maximum atomic E-state index is 10.2. The monoisotopic (exact) mass is 240 g/mol. The van der Waals surface area contributed by atoms with Gasteiger partial charge in [-0.05, 0) is 17.7 Å². The second-order valence-electron chi connectivity index (χ2n) is 3.70. The van der Waals surface area contributed by atoms with Crippen molar-refractivity contribution in [2.45, 2.75) is 30.6 Å². The van der Waals surface area contributed by atoms with Gasteiger partial charge in [0.05, 0.1) is 6.61 Å². The van der Waals surface area contributed by atoms with Crippen LogP contribution in [0.4, 0.5) is 0 Å². The summed E-state index contributed by atoms with van der Waals surface area (Å²) in [4.78, 5) is 11.5. The number of rotatable bonds is 6. The van der Waals surface area contributed by atoms with Gasteiger partial charge in [-0.3, -0.25) is 0 Å². The molecule has 1 aromatic rings. The molecule has 0 fully saturated rings. The average molecular weight is 240 g/mol. The van der Waals surface area contributed by atoms with E-state index in [-0.39, 0.29) is 6.61 Å². The highest BCUT2D eigenvalue weighted by Crippen LogP contribution is 2.22. The summed E-state index contributed by atoms with van der Waals surface area (Å²) < 4.78 is 5.00. The molecule has 0 radical (unpaired) electrons. The molecule has 0 bridgehead atoms. The molecule has 3 nitrogen and oxygen atoms in total. The zero-order chi connectivity index (χ0) is 12.0. The maximum absolute atomic E-state index is 10.2. The SMILES string of the molecule is CC(C)Sc1ccc(COCC(=O)O)cc1. The Bertz CT molecular complexity index is 333. The molecule has 1 N–H and O–H groups in total. The number of thioether (sulfide) groups is 1. The molecule has 0 unspecified atom stereocenters. The Morgan fingerprint density at radius 2 is 2.00 bits per heavy atom. The molecule has 1 aromatic carbocycles. The van der Waals surface area contributed by atoms with Gasteiger partial charge in [-0.25, -0.2) is 4.79 Å². The first kappa shape index (κ1) is 13.1. The van der Waals surface area contributed by atoms with Gasteiger partial charge >= 0.3 is 5.97 Å². The highest BCUT2D eigenvalue weighted by Gasteiger charge is 2.00. The van der Waals surface area contributed by atoms with Crippen LogP contribution in [0.2, 0.25) is 0 Å². The Hall–Kier alpha value is -1.00. The van der Waals surface area contributed by atoms with Gasteiger partial charge in [0.15, 0.2) is 0 Å². The van der Waals surface area contributed by atoms with Crippen LogP contribution in [0.5, 0.6) is 0 Å². The van der Waals surface area contributed by atoms with Gasteiger partial charge in [-0.1, -0.05) is 26.0 Å². The number of carbonyl (C=O) groups is 1. The van der Waals surface area contributed by atoms with Crippen molar-refractivity contribution in [2.75, 3.05) is 6.61 Å². The second kappa shape index (κ2) is 6.55. The van der Waals surface area contributed by atoms with Gasteiger partial charge in [0.2, 0.25) is 0 Å². The average Bonchev–Trinajstić information content (AvgIpc) is 2.19. The minimum absolute atomic E-state index is 0.248. The number of carboxylic acids is 1. The summed E-state index contributed by atoms with van der Waals surface area (Å²) in [5.74, 6) is -0.938. The molecule has 16 heavy (non-hydrogen) atoms. The Morgan fingerprint density at radius 3 is 2.50 bits per heavy atom. The Kier molecular flexibility index (Phi) is 5.35. The van der Waals surface area contributed by atoms with E-state index in [1.54, 1.807) is 11.8 Å². The Labute approximate surface area is 99.8 Å². The van der Waals surface area contributed by atoms with Crippen molar-refractivity contribution in [2.24, 2.45) is 0 Å². The molecule has 0 aliphatic rings. The largest absolute Gasteiger partial charge is 0.480 e. The minimum Gasteiger partial charge on any atom is -0.480 e. The summed E-state index contributed by atoms with van der Waals surface area (Å²) in [7, 11) is 0. The van der Waals surface area contributed by atoms with Crippen LogP contribution in [0, 0.1) is 0 Å². The third kappa shape index (κ3) is 5.19. The molecular weight excluding hydrogens is 224 g/mol. The smallest absolute Gasteiger partial charge is 0.329 e. The van der Waals surface area contributed by atoms with Crippen LogP contribution in [-0.2, 0) is 16.1 Å². The van der Waals surface area contributed by atoms with Crippen molar-refractivity contribution < 1.29 is 14.6 Å². The molecule has 0 heterocycles. The normalized spacial score (nSPS) is 10.7. The van der Waals surface area contributed by atoms with Gasteiger partial charge in [-0.2, -0.15) is 0 Å². The lowest BCUT2D eigenvalue weighted by Crippen LogP contribution is -2.06. The van der Waals surface area contributed by atoms with Crippen molar-refractivity contribution in [3.8, 4) is 0 Å². The van der Waals surface area contributed by atoms with E-state index in [0.717, 1.165) is 5.56 Å². The third-order valence-corrected chi connectivity index (χ3v) is 2.81. The van der Waals surface area contributed by atoms with Crippen molar-refractivity contribution in [1.29, 1.82) is 0 Å². The lowest BCUT2D eigenvalue weighted by molar-refractivity contribution is -0.142. The van der Waals surface area contributed by atoms with Crippen LogP contribution >= 0.6 is 11.8 Å². The van der Waals surface area contributed by atoms with Gasteiger partial charge in [0, 0.05) is 10.1 Å². The summed E-state index contributed by atoms with van der Waals surface area (Å²) >= 11 is 1.80. The van der Waals surface area contributed by atoms with Gasteiger partial charge in [0.25, 0.3) is 0 Å². The minimum atomic E-state index is -0.938. The van der Waals surface area contributed by atoms with Gasteiger partial charge < -0.3 is 9.84 Å². The summed E-state index contributed by atoms with van der Waals surface area (Å²) in [6.45, 7) is 4.39. The summed E-state index contributed by atoms with van der Waals surface area (Å²) in [5, 5.41) is 8.97. The maximum Gasteiger partial charge on any atom is 0.329 e. The van der Waals surface area contributed by atoms with Gasteiger partial charge in [-0.15, -0.1) is 11.8 Å². The van der Waals surface area contributed by atoms with Gasteiger partial charge in [0.1, 0.15) is 6.61 Å². The highest BCUT2D eigenvalue weighted by atomic mass is 32.2. The number of carboxylic acid groups (broad SMARTS) is 1. The molecule has 0 aliphatic carbocycles. The van der Waals surface area contributed by atoms with E-state index in [4.69, 9.17) is 9.84 Å². The second-order valence-corrected chi connectivity index (χ2v) is 5.35. The molecular formula is C12H16O3S. The first-order chi connectivity index (χ1) is 7.58. The molecule has 88 valence electrons. The highest BCUT2D eigenvalue weighted by molar-refractivity contribution is 7.99. The van der Waals surface area contributed by atoms with Crippen LogP contribution in [0.25, 0.3) is 0 Å². The molecule has 1 rings (SSSR count). The van der Waals surface area contributed by atoms with Crippen molar-refractivity contribution >= 4 is 17.7 Å². The van der Waals surface area contributed by atoms with E-state index in [1.807, 2.05) is 24.3 Å². The van der Waals surface area contributed by atoms with Crippen molar-refractivity contribution in [3.63, 3.8) is 0 Å². The van der Waals surface area contributed by atoms with Crippen LogP contribution < -0.4 is 0 Å². The number of benzene rings is 1. The summed E-state index contributed by atoms with van der Waals surface area (Å²) in [6, 6.07) is 7.99. The molecule has 0 saturated carbocycles. The lowest BCUT2D eigenvalue weighted by atomic mass is 10.2. The molecule has 4 heteroatoms. The number of hydrogen-bond donors (Lipinski definition) is 1. The van der Waals surface area contributed by atoms with Crippen LogP contribution in [-0.4, -0.2) is 22.9 Å². The third-order valence-electron chi connectivity index (χ3n) is 1.79. The topological polar surface area (TPSA) is 46.5 Å². The zero-order valence-electron chi connectivity index (χ0n) is 9.47. The number of ether oxygens (including phenoxy) is 1. The van der Waals surface area contributed by atoms with E-state index in [0.29, 0.717) is 11.9 Å². The van der Waals surface area contributed by atoms with E-state index in [2.05, 4.69) is 13.8 Å². The summed E-state index contributed by atoms with van der Waals surface area (Å²) in [6.07, 6.45) is 0. The van der Waals surface area contributed by atoms with E-state index < -0.39 is 5.97 Å². The lowest BCUT2D eigenvalue weighted by Gasteiger charge is -2.06. The molecule has 0 spiro atoms. The molecule has 0 atom stereocenters. The molecule has 0 aromatic heterocycles. The number of hydrogen-bond acceptors (Lipinski definition) is 3. The summed E-state index contributed by atoms with van der Waals surface area (Å²) in [5.41, 5.74) is 0.995. The number of aliphatic carboxylic acids is 1. The quantitative estimate of drug-likeness (QED) is 0.777. The molecule has 0 aliphatic heterocycles. The van der Waals surface area contributed by atoms with Crippen molar-refractivity contribution in [1.82, 2.24) is 0 Å². The van der Waals surface area contributed by atoms with Crippen LogP contribution in [0.1, 0.15) is 19.4 Å². The van der Waals surface area contributed by atoms with Crippen LogP contribution in [0.15, 0.2) is 29.2 Å². The Balaban J connectivity index is 2.42. The van der Waals surface area contributed by atoms with E-state index >= 15 is 0 Å². The first-order valence-electron chi connectivity index (χ1n) is 5.13. The fourth-order valence-electron chi connectivity index (χ4n) is 1.19. The predicted octanol–water partition coefficient (Wildman–Crippen LogP) is 2.79. The fraction of sp³-hybridized carbons (Fsp3) is 0.417. The zero-order valence-corrected chi connectivity index (χ0v) is 10.3. The predicted molar refractivity (Wildman–Crippen MR) is 64.7 cm³/mol. The van der Waals surface area contributed by atoms with E-state index in [1.165, 1.54) is 4.90 Å². The first-order valence-corrected chi connectivity index (χ1v) is 6.01. The molecule has 0 amide bonds. The van der Waals surface area contributed by atoms with Crippen LogP contribution in [0.3, 0.4) is 0 Å². The fourth-order valence-corrected chi connectivity index (χ4v) is 2.03.